The number of fused-ring (bicyclic) bond motifs is 1. The first-order chi connectivity index (χ1) is 7.70. The van der Waals surface area contributed by atoms with Crippen LogP contribution in [0.15, 0.2) is 18.5 Å². The number of hydrogen-bond acceptors (Lipinski definition) is 4. The molecule has 0 fully saturated rings. The summed E-state index contributed by atoms with van der Waals surface area (Å²) in [7, 11) is 1.88. The molecule has 0 atom stereocenters. The Morgan fingerprint density at radius 2 is 2.12 bits per heavy atom. The Labute approximate surface area is 95.1 Å². The van der Waals surface area contributed by atoms with Crippen molar-refractivity contribution in [2.24, 2.45) is 5.92 Å². The largest absolute Gasteiger partial charge is 0.373 e. The number of nitrogens with one attached hydrogen (secondary N) is 1. The Morgan fingerprint density at radius 1 is 1.31 bits per heavy atom. The minimum absolute atomic E-state index is 0.554. The highest BCUT2D eigenvalue weighted by atomic mass is 15.0. The van der Waals surface area contributed by atoms with E-state index in [2.05, 4.69) is 34.1 Å². The fourth-order valence-corrected chi connectivity index (χ4v) is 1.68. The summed E-state index contributed by atoms with van der Waals surface area (Å²) in [5, 5.41) is 4.12. The monoisotopic (exact) mass is 216 g/mol. The molecule has 0 radical (unpaired) electrons. The molecule has 4 nitrogen and oxygen atoms in total. The predicted molar refractivity (Wildman–Crippen MR) is 65.4 cm³/mol. The minimum atomic E-state index is 0.554. The van der Waals surface area contributed by atoms with Gasteiger partial charge in [-0.15, -0.1) is 0 Å². The average molecular weight is 216 g/mol. The number of pyridine rings is 1. The Morgan fingerprint density at radius 3 is 2.81 bits per heavy atom. The van der Waals surface area contributed by atoms with Crippen LogP contribution in [0, 0.1) is 5.92 Å². The average Bonchev–Trinajstić information content (AvgIpc) is 2.27. The molecule has 2 rings (SSSR count). The molecule has 0 amide bonds. The van der Waals surface area contributed by atoms with Crippen molar-refractivity contribution in [2.45, 2.75) is 20.3 Å². The van der Waals surface area contributed by atoms with E-state index in [-0.39, 0.29) is 0 Å². The van der Waals surface area contributed by atoms with Gasteiger partial charge in [-0.1, -0.05) is 13.8 Å². The van der Waals surface area contributed by atoms with Crippen molar-refractivity contribution < 1.29 is 0 Å². The van der Waals surface area contributed by atoms with Crippen LogP contribution in [-0.2, 0) is 6.42 Å². The molecule has 0 aliphatic heterocycles. The Hall–Kier alpha value is -1.71. The second kappa shape index (κ2) is 4.43. The summed E-state index contributed by atoms with van der Waals surface area (Å²) in [4.78, 5) is 13.1. The number of hydrogen-bond donors (Lipinski definition) is 1. The van der Waals surface area contributed by atoms with Crippen molar-refractivity contribution >= 4 is 16.7 Å². The van der Waals surface area contributed by atoms with E-state index in [0.717, 1.165) is 29.0 Å². The number of rotatable bonds is 3. The van der Waals surface area contributed by atoms with Crippen LogP contribution in [-0.4, -0.2) is 22.0 Å². The molecule has 0 saturated heterocycles. The third kappa shape index (κ3) is 2.10. The van der Waals surface area contributed by atoms with Gasteiger partial charge in [-0.25, -0.2) is 9.97 Å². The Kier molecular flexibility index (Phi) is 2.99. The molecule has 0 aliphatic rings. The van der Waals surface area contributed by atoms with Gasteiger partial charge >= 0.3 is 0 Å². The first kappa shape index (κ1) is 10.8. The van der Waals surface area contributed by atoms with Gasteiger partial charge in [-0.05, 0) is 12.0 Å². The van der Waals surface area contributed by atoms with Gasteiger partial charge in [-0.2, -0.15) is 0 Å². The van der Waals surface area contributed by atoms with Crippen LogP contribution in [0.25, 0.3) is 10.9 Å². The molecule has 16 heavy (non-hydrogen) atoms. The van der Waals surface area contributed by atoms with E-state index in [0.29, 0.717) is 5.92 Å². The van der Waals surface area contributed by atoms with Crippen molar-refractivity contribution in [3.05, 3.63) is 24.3 Å². The molecule has 2 aromatic heterocycles. The van der Waals surface area contributed by atoms with E-state index in [1.807, 2.05) is 13.1 Å². The molecular weight excluding hydrogens is 200 g/mol. The molecule has 0 aliphatic carbocycles. The highest BCUT2D eigenvalue weighted by Gasteiger charge is 2.07. The second-order valence-corrected chi connectivity index (χ2v) is 4.23. The van der Waals surface area contributed by atoms with Crippen molar-refractivity contribution in [3.63, 3.8) is 0 Å². The first-order valence-corrected chi connectivity index (χ1v) is 5.49. The fraction of sp³-hybridized carbons (Fsp3) is 0.417. The van der Waals surface area contributed by atoms with Gasteiger partial charge in [0.15, 0.2) is 0 Å². The lowest BCUT2D eigenvalue weighted by Gasteiger charge is -2.08. The molecule has 0 spiro atoms. The maximum atomic E-state index is 4.51. The summed E-state index contributed by atoms with van der Waals surface area (Å²) in [6.07, 6.45) is 4.43. The molecule has 0 aromatic carbocycles. The number of aromatic nitrogens is 3. The molecule has 2 heterocycles. The van der Waals surface area contributed by atoms with Crippen LogP contribution >= 0.6 is 0 Å². The van der Waals surface area contributed by atoms with Gasteiger partial charge in [-0.3, -0.25) is 4.98 Å². The van der Waals surface area contributed by atoms with E-state index < -0.39 is 0 Å². The zero-order chi connectivity index (χ0) is 11.5. The molecular formula is C12H16N4. The fourth-order valence-electron chi connectivity index (χ4n) is 1.68. The molecule has 0 saturated carbocycles. The minimum Gasteiger partial charge on any atom is -0.373 e. The highest BCUT2D eigenvalue weighted by Crippen LogP contribution is 2.19. The van der Waals surface area contributed by atoms with Crippen LogP contribution in [0.1, 0.15) is 19.7 Å². The quantitative estimate of drug-likeness (QED) is 0.855. The number of anilines is 1. The van der Waals surface area contributed by atoms with Crippen molar-refractivity contribution in [1.82, 2.24) is 15.0 Å². The van der Waals surface area contributed by atoms with Crippen molar-refractivity contribution in [3.8, 4) is 0 Å². The summed E-state index contributed by atoms with van der Waals surface area (Å²) in [6, 6.07) is 1.93. The van der Waals surface area contributed by atoms with Crippen molar-refractivity contribution in [2.75, 3.05) is 12.4 Å². The molecule has 84 valence electrons. The predicted octanol–water partition coefficient (Wildman–Crippen LogP) is 2.26. The van der Waals surface area contributed by atoms with Gasteiger partial charge < -0.3 is 5.32 Å². The van der Waals surface area contributed by atoms with E-state index in [1.165, 1.54) is 0 Å². The SMILES string of the molecule is CNc1nc(CC(C)C)nc2cnccc12. The van der Waals surface area contributed by atoms with E-state index in [1.54, 1.807) is 12.4 Å². The summed E-state index contributed by atoms with van der Waals surface area (Å²) >= 11 is 0. The third-order valence-electron chi connectivity index (χ3n) is 2.37. The zero-order valence-corrected chi connectivity index (χ0v) is 9.86. The van der Waals surface area contributed by atoms with Crippen LogP contribution in [0.5, 0.6) is 0 Å². The van der Waals surface area contributed by atoms with Crippen molar-refractivity contribution in [1.29, 1.82) is 0 Å². The van der Waals surface area contributed by atoms with Crippen LogP contribution in [0.3, 0.4) is 0 Å². The van der Waals surface area contributed by atoms with Crippen LogP contribution in [0.4, 0.5) is 5.82 Å². The lowest BCUT2D eigenvalue weighted by molar-refractivity contribution is 0.623. The Balaban J connectivity index is 2.54. The Bertz CT molecular complexity index is 493. The maximum Gasteiger partial charge on any atom is 0.137 e. The first-order valence-electron chi connectivity index (χ1n) is 5.49. The van der Waals surface area contributed by atoms with E-state index >= 15 is 0 Å². The lowest BCUT2D eigenvalue weighted by Crippen LogP contribution is -2.04. The molecule has 1 N–H and O–H groups in total. The molecule has 0 unspecified atom stereocenters. The summed E-state index contributed by atoms with van der Waals surface area (Å²) in [5.41, 5.74) is 0.900. The van der Waals surface area contributed by atoms with E-state index in [4.69, 9.17) is 0 Å². The van der Waals surface area contributed by atoms with Gasteiger partial charge in [0.2, 0.25) is 0 Å². The summed E-state index contributed by atoms with van der Waals surface area (Å²) in [5.74, 6) is 2.31. The van der Waals surface area contributed by atoms with Gasteiger partial charge in [0.1, 0.15) is 11.6 Å². The summed E-state index contributed by atoms with van der Waals surface area (Å²) < 4.78 is 0. The molecule has 2 aromatic rings. The van der Waals surface area contributed by atoms with E-state index in [9.17, 15) is 0 Å². The topological polar surface area (TPSA) is 50.7 Å². The smallest absolute Gasteiger partial charge is 0.137 e. The van der Waals surface area contributed by atoms with Crippen LogP contribution < -0.4 is 5.32 Å². The second-order valence-electron chi connectivity index (χ2n) is 4.23. The zero-order valence-electron chi connectivity index (χ0n) is 9.86. The third-order valence-corrected chi connectivity index (χ3v) is 2.37. The summed E-state index contributed by atoms with van der Waals surface area (Å²) in [6.45, 7) is 4.33. The van der Waals surface area contributed by atoms with Crippen LogP contribution in [0.2, 0.25) is 0 Å². The lowest BCUT2D eigenvalue weighted by atomic mass is 10.1. The van der Waals surface area contributed by atoms with Gasteiger partial charge in [0.05, 0.1) is 11.7 Å². The normalized spacial score (nSPS) is 11.0. The molecule has 0 bridgehead atoms. The number of nitrogens with zero attached hydrogens (tertiary/aromatic N) is 3. The molecule has 4 heteroatoms. The van der Waals surface area contributed by atoms with Gasteiger partial charge in [0, 0.05) is 25.1 Å². The highest BCUT2D eigenvalue weighted by molar-refractivity contribution is 5.88. The standard InChI is InChI=1S/C12H16N4/c1-8(2)6-11-15-10-7-14-5-4-9(10)12(13-3)16-11/h4-5,7-8H,6H2,1-3H3,(H,13,15,16). The van der Waals surface area contributed by atoms with Gasteiger partial charge in [0.25, 0.3) is 0 Å². The maximum absolute atomic E-state index is 4.51.